The predicted molar refractivity (Wildman–Crippen MR) is 81.6 cm³/mol. The topological polar surface area (TPSA) is 38.3 Å². The number of carbonyl (C=O) groups is 1. The summed E-state index contributed by atoms with van der Waals surface area (Å²) in [5.41, 5.74) is -2.94. The predicted octanol–water partition coefficient (Wildman–Crippen LogP) is 5.27. The van der Waals surface area contributed by atoms with Crippen LogP contribution in [0.3, 0.4) is 0 Å². The summed E-state index contributed by atoms with van der Waals surface area (Å²) < 4.78 is 94.7. The Balaban J connectivity index is 2.21. The number of hydrogen-bond acceptors (Lipinski definition) is 2. The number of carbonyl (C=O) groups excluding carboxylic acids is 1. The fourth-order valence-electron chi connectivity index (χ4n) is 2.03. The van der Waals surface area contributed by atoms with Gasteiger partial charge in [-0.15, -0.1) is 0 Å². The molecule has 0 saturated heterocycles. The summed E-state index contributed by atoms with van der Waals surface area (Å²) in [6.45, 7) is 1.15. The van der Waals surface area contributed by atoms with Crippen molar-refractivity contribution in [1.82, 2.24) is 0 Å². The highest BCUT2D eigenvalue weighted by Gasteiger charge is 2.37. The van der Waals surface area contributed by atoms with Crippen molar-refractivity contribution in [1.29, 1.82) is 0 Å². The zero-order valence-electron chi connectivity index (χ0n) is 13.6. The largest absolute Gasteiger partial charge is 0.481 e. The molecule has 0 aliphatic heterocycles. The van der Waals surface area contributed by atoms with Crippen molar-refractivity contribution < 1.29 is 40.3 Å². The molecule has 0 fully saturated rings. The Morgan fingerprint density at radius 1 is 0.926 bits per heavy atom. The van der Waals surface area contributed by atoms with Gasteiger partial charge in [-0.3, -0.25) is 4.79 Å². The first-order valence-electron chi connectivity index (χ1n) is 7.39. The van der Waals surface area contributed by atoms with Crippen LogP contribution in [0.15, 0.2) is 42.5 Å². The van der Waals surface area contributed by atoms with Crippen LogP contribution in [0.2, 0.25) is 0 Å². The Morgan fingerprint density at radius 3 is 1.85 bits per heavy atom. The van der Waals surface area contributed by atoms with Gasteiger partial charge in [0.15, 0.2) is 6.10 Å². The summed E-state index contributed by atoms with van der Waals surface area (Å²) in [6.07, 6.45) is -11.5. The number of alkyl halides is 6. The first kappa shape index (κ1) is 20.5. The molecule has 2 aromatic carbocycles. The third-order valence-corrected chi connectivity index (χ3v) is 3.36. The Morgan fingerprint density at radius 2 is 1.41 bits per heavy atom. The molecule has 27 heavy (non-hydrogen) atoms. The van der Waals surface area contributed by atoms with Gasteiger partial charge >= 0.3 is 12.4 Å². The van der Waals surface area contributed by atoms with Gasteiger partial charge in [0.1, 0.15) is 11.6 Å². The molecule has 2 rings (SSSR count). The molecule has 1 amide bonds. The van der Waals surface area contributed by atoms with Crippen molar-refractivity contribution in [2.24, 2.45) is 0 Å². The average Bonchev–Trinajstić information content (AvgIpc) is 2.55. The number of hydrogen-bond donors (Lipinski definition) is 1. The van der Waals surface area contributed by atoms with Crippen molar-refractivity contribution >= 4 is 11.6 Å². The van der Waals surface area contributed by atoms with Crippen LogP contribution in [0.4, 0.5) is 36.4 Å². The molecule has 0 radical (unpaired) electrons. The van der Waals surface area contributed by atoms with Gasteiger partial charge < -0.3 is 10.1 Å². The zero-order valence-corrected chi connectivity index (χ0v) is 13.6. The first-order chi connectivity index (χ1) is 12.4. The van der Waals surface area contributed by atoms with E-state index in [1.165, 1.54) is 12.1 Å². The Hall–Kier alpha value is -2.78. The molecular weight excluding hydrogens is 383 g/mol. The normalized spacial score (nSPS) is 13.2. The zero-order chi connectivity index (χ0) is 20.4. The number of halogens is 7. The van der Waals surface area contributed by atoms with Crippen LogP contribution in [0, 0.1) is 5.82 Å². The van der Waals surface area contributed by atoms with Crippen LogP contribution in [-0.4, -0.2) is 12.0 Å². The third kappa shape index (κ3) is 5.60. The maximum absolute atomic E-state index is 12.8. The maximum Gasteiger partial charge on any atom is 0.416 e. The Kier molecular flexibility index (Phi) is 5.67. The van der Waals surface area contributed by atoms with Crippen LogP contribution >= 0.6 is 0 Å². The number of anilines is 1. The van der Waals surface area contributed by atoms with Crippen molar-refractivity contribution in [3.8, 4) is 5.75 Å². The fourth-order valence-corrected chi connectivity index (χ4v) is 2.03. The average molecular weight is 395 g/mol. The molecule has 1 atom stereocenters. The highest BCUT2D eigenvalue weighted by Crippen LogP contribution is 2.38. The Labute approximate surface area is 148 Å². The van der Waals surface area contributed by atoms with E-state index in [4.69, 9.17) is 4.74 Å². The summed E-state index contributed by atoms with van der Waals surface area (Å²) in [5.74, 6) is -2.16. The molecule has 0 saturated carbocycles. The molecule has 3 nitrogen and oxygen atoms in total. The van der Waals surface area contributed by atoms with Crippen LogP contribution < -0.4 is 10.1 Å². The minimum absolute atomic E-state index is 0.0455. The van der Waals surface area contributed by atoms with Gasteiger partial charge in [-0.05, 0) is 49.4 Å². The lowest BCUT2D eigenvalue weighted by Crippen LogP contribution is -2.30. The number of benzene rings is 2. The van der Waals surface area contributed by atoms with Crippen molar-refractivity contribution in [2.75, 3.05) is 5.32 Å². The van der Waals surface area contributed by atoms with Gasteiger partial charge in [0.05, 0.1) is 11.1 Å². The van der Waals surface area contributed by atoms with Crippen molar-refractivity contribution in [3.05, 3.63) is 59.4 Å². The monoisotopic (exact) mass is 395 g/mol. The second-order valence-corrected chi connectivity index (χ2v) is 5.50. The van der Waals surface area contributed by atoms with E-state index in [0.29, 0.717) is 12.1 Å². The third-order valence-electron chi connectivity index (χ3n) is 3.36. The Bertz CT molecular complexity index is 781. The summed E-state index contributed by atoms with van der Waals surface area (Å²) >= 11 is 0. The number of nitrogens with one attached hydrogen (secondary N) is 1. The molecule has 1 N–H and O–H groups in total. The molecule has 10 heteroatoms. The SMILES string of the molecule is CC(Oc1cc(C(F)(F)F)cc(C(F)(F)F)c1)C(=O)Nc1ccc(F)cc1. The van der Waals surface area contributed by atoms with Crippen molar-refractivity contribution in [2.45, 2.75) is 25.4 Å². The minimum Gasteiger partial charge on any atom is -0.481 e. The standard InChI is InChI=1S/C17H12F7NO2/c1-9(15(26)25-13-4-2-12(18)3-5-13)27-14-7-10(16(19,20)21)6-11(8-14)17(22,23)24/h2-9H,1H3,(H,25,26). The van der Waals surface area contributed by atoms with E-state index in [2.05, 4.69) is 5.32 Å². The highest BCUT2D eigenvalue weighted by atomic mass is 19.4. The number of ether oxygens (including phenoxy) is 1. The molecule has 0 aliphatic rings. The quantitative estimate of drug-likeness (QED) is 0.717. The highest BCUT2D eigenvalue weighted by molar-refractivity contribution is 5.94. The second-order valence-electron chi connectivity index (χ2n) is 5.50. The van der Waals surface area contributed by atoms with Crippen LogP contribution in [0.5, 0.6) is 5.75 Å². The summed E-state index contributed by atoms with van der Waals surface area (Å²) in [4.78, 5) is 12.0. The summed E-state index contributed by atoms with van der Waals surface area (Å²) in [7, 11) is 0. The van der Waals surface area contributed by atoms with E-state index >= 15 is 0 Å². The minimum atomic E-state index is -5.03. The summed E-state index contributed by atoms with van der Waals surface area (Å²) in [5, 5.41) is 2.30. The second kappa shape index (κ2) is 7.45. The van der Waals surface area contributed by atoms with Gasteiger partial charge in [-0.25, -0.2) is 4.39 Å². The molecular formula is C17H12F7NO2. The number of amides is 1. The van der Waals surface area contributed by atoms with Crippen LogP contribution in [-0.2, 0) is 17.1 Å². The lowest BCUT2D eigenvalue weighted by Gasteiger charge is -2.18. The molecule has 0 bridgehead atoms. The van der Waals surface area contributed by atoms with E-state index < -0.39 is 47.1 Å². The van der Waals surface area contributed by atoms with Gasteiger partial charge in [-0.1, -0.05) is 0 Å². The van der Waals surface area contributed by atoms with Gasteiger partial charge in [-0.2, -0.15) is 26.3 Å². The lowest BCUT2D eigenvalue weighted by molar-refractivity contribution is -0.143. The van der Waals surface area contributed by atoms with Gasteiger partial charge in [0.2, 0.25) is 0 Å². The first-order valence-corrected chi connectivity index (χ1v) is 7.39. The van der Waals surface area contributed by atoms with Gasteiger partial charge in [0, 0.05) is 5.69 Å². The van der Waals surface area contributed by atoms with E-state index in [1.807, 2.05) is 0 Å². The molecule has 1 unspecified atom stereocenters. The molecule has 146 valence electrons. The molecule has 2 aromatic rings. The lowest BCUT2D eigenvalue weighted by atomic mass is 10.1. The molecule has 0 heterocycles. The van der Waals surface area contributed by atoms with E-state index in [9.17, 15) is 35.5 Å². The van der Waals surface area contributed by atoms with Crippen LogP contribution in [0.25, 0.3) is 0 Å². The molecule has 0 aromatic heterocycles. The smallest absolute Gasteiger partial charge is 0.416 e. The van der Waals surface area contributed by atoms with E-state index in [1.54, 1.807) is 0 Å². The van der Waals surface area contributed by atoms with E-state index in [-0.39, 0.29) is 11.8 Å². The molecule has 0 spiro atoms. The summed E-state index contributed by atoms with van der Waals surface area (Å²) in [6, 6.07) is 5.27. The van der Waals surface area contributed by atoms with Crippen molar-refractivity contribution in [3.63, 3.8) is 0 Å². The van der Waals surface area contributed by atoms with E-state index in [0.717, 1.165) is 19.1 Å². The molecule has 0 aliphatic carbocycles. The number of rotatable bonds is 4. The van der Waals surface area contributed by atoms with Gasteiger partial charge in [0.25, 0.3) is 5.91 Å². The fraction of sp³-hybridized carbons (Fsp3) is 0.235. The maximum atomic E-state index is 12.8. The van der Waals surface area contributed by atoms with Crippen LogP contribution in [0.1, 0.15) is 18.1 Å².